The Morgan fingerprint density at radius 1 is 1.50 bits per heavy atom. The molecule has 0 radical (unpaired) electrons. The number of hydrogen-bond acceptors (Lipinski definition) is 3. The summed E-state index contributed by atoms with van der Waals surface area (Å²) < 4.78 is 0. The second-order valence-electron chi connectivity index (χ2n) is 6.34. The Labute approximate surface area is 115 Å². The first-order chi connectivity index (χ1) is 8.43. The minimum atomic E-state index is 0.0564. The van der Waals surface area contributed by atoms with Crippen LogP contribution >= 0.6 is 11.3 Å². The van der Waals surface area contributed by atoms with E-state index in [1.165, 1.54) is 30.0 Å². The monoisotopic (exact) mass is 266 g/mol. The first-order valence-electron chi connectivity index (χ1n) is 7.14. The van der Waals surface area contributed by atoms with E-state index in [-0.39, 0.29) is 5.54 Å². The third kappa shape index (κ3) is 2.35. The molecule has 1 atom stereocenters. The molecule has 2 rings (SSSR count). The standard InChI is InChI=1S/C15H26N2S/c1-6-9-16-15(5,14(4)7-8-14)13-17-12(10-18-13)11(2)3/h10-11,16H,6-9H2,1-5H3. The van der Waals surface area contributed by atoms with Crippen molar-refractivity contribution in [1.29, 1.82) is 0 Å². The Hall–Kier alpha value is -0.410. The Balaban J connectivity index is 2.27. The van der Waals surface area contributed by atoms with E-state index in [0.29, 0.717) is 11.3 Å². The molecule has 1 aliphatic carbocycles. The maximum absolute atomic E-state index is 4.90. The van der Waals surface area contributed by atoms with Gasteiger partial charge in [0, 0.05) is 5.38 Å². The van der Waals surface area contributed by atoms with Gasteiger partial charge in [-0.15, -0.1) is 11.3 Å². The van der Waals surface area contributed by atoms with Crippen LogP contribution in [-0.4, -0.2) is 11.5 Å². The third-order valence-electron chi connectivity index (χ3n) is 4.48. The summed E-state index contributed by atoms with van der Waals surface area (Å²) in [7, 11) is 0. The minimum Gasteiger partial charge on any atom is -0.305 e. The molecule has 1 aromatic rings. The lowest BCUT2D eigenvalue weighted by molar-refractivity contribution is 0.226. The van der Waals surface area contributed by atoms with Crippen molar-refractivity contribution in [3.05, 3.63) is 16.1 Å². The summed E-state index contributed by atoms with van der Waals surface area (Å²) in [5.74, 6) is 0.525. The summed E-state index contributed by atoms with van der Waals surface area (Å²) in [6.07, 6.45) is 3.81. The number of aromatic nitrogens is 1. The fraction of sp³-hybridized carbons (Fsp3) is 0.800. The predicted molar refractivity (Wildman–Crippen MR) is 79.2 cm³/mol. The van der Waals surface area contributed by atoms with Crippen LogP contribution in [0.25, 0.3) is 0 Å². The van der Waals surface area contributed by atoms with Crippen LogP contribution in [0.2, 0.25) is 0 Å². The maximum atomic E-state index is 4.90. The van der Waals surface area contributed by atoms with Crippen molar-refractivity contribution in [2.24, 2.45) is 5.41 Å². The van der Waals surface area contributed by atoms with Crippen LogP contribution in [-0.2, 0) is 5.54 Å². The predicted octanol–water partition coefficient (Wildman–Crippen LogP) is 4.28. The zero-order valence-corrected chi connectivity index (χ0v) is 13.2. The van der Waals surface area contributed by atoms with E-state index in [0.717, 1.165) is 6.54 Å². The number of nitrogens with zero attached hydrogens (tertiary/aromatic N) is 1. The summed E-state index contributed by atoms with van der Waals surface area (Å²) in [5.41, 5.74) is 1.69. The maximum Gasteiger partial charge on any atom is 0.113 e. The van der Waals surface area contributed by atoms with E-state index in [4.69, 9.17) is 4.98 Å². The molecule has 0 spiro atoms. The van der Waals surface area contributed by atoms with Crippen LogP contribution in [0.15, 0.2) is 5.38 Å². The largest absolute Gasteiger partial charge is 0.305 e. The molecule has 1 fully saturated rings. The first-order valence-corrected chi connectivity index (χ1v) is 8.02. The summed E-state index contributed by atoms with van der Waals surface area (Å²) in [4.78, 5) is 4.90. The molecule has 1 aromatic heterocycles. The van der Waals surface area contributed by atoms with Gasteiger partial charge >= 0.3 is 0 Å². The second kappa shape index (κ2) is 4.93. The van der Waals surface area contributed by atoms with Crippen molar-refractivity contribution in [2.75, 3.05) is 6.54 Å². The second-order valence-corrected chi connectivity index (χ2v) is 7.20. The van der Waals surface area contributed by atoms with Gasteiger partial charge in [0.1, 0.15) is 5.01 Å². The van der Waals surface area contributed by atoms with Gasteiger partial charge in [-0.3, -0.25) is 0 Å². The lowest BCUT2D eigenvalue weighted by Crippen LogP contribution is -2.46. The quantitative estimate of drug-likeness (QED) is 0.831. The van der Waals surface area contributed by atoms with Crippen molar-refractivity contribution in [3.8, 4) is 0 Å². The van der Waals surface area contributed by atoms with Gasteiger partial charge in [0.25, 0.3) is 0 Å². The molecule has 1 saturated carbocycles. The highest BCUT2D eigenvalue weighted by Crippen LogP contribution is 2.58. The molecule has 102 valence electrons. The van der Waals surface area contributed by atoms with Gasteiger partial charge in [-0.1, -0.05) is 27.7 Å². The topological polar surface area (TPSA) is 24.9 Å². The van der Waals surface area contributed by atoms with Crippen molar-refractivity contribution in [1.82, 2.24) is 10.3 Å². The highest BCUT2D eigenvalue weighted by molar-refractivity contribution is 7.09. The van der Waals surface area contributed by atoms with Crippen LogP contribution in [0, 0.1) is 5.41 Å². The Kier molecular flexibility index (Phi) is 3.84. The Morgan fingerprint density at radius 3 is 2.61 bits per heavy atom. The summed E-state index contributed by atoms with van der Waals surface area (Å²) in [5, 5.41) is 7.28. The SMILES string of the molecule is CCCNC(C)(c1nc(C(C)C)cs1)C1(C)CC1. The Morgan fingerprint density at radius 2 is 2.17 bits per heavy atom. The van der Waals surface area contributed by atoms with E-state index in [9.17, 15) is 0 Å². The average molecular weight is 266 g/mol. The fourth-order valence-corrected chi connectivity index (χ4v) is 3.66. The summed E-state index contributed by atoms with van der Waals surface area (Å²) in [6, 6.07) is 0. The van der Waals surface area contributed by atoms with E-state index < -0.39 is 0 Å². The first kappa shape index (κ1) is 14.0. The fourth-order valence-electron chi connectivity index (χ4n) is 2.39. The molecule has 0 aromatic carbocycles. The van der Waals surface area contributed by atoms with Crippen LogP contribution in [0.1, 0.15) is 70.5 Å². The highest BCUT2D eigenvalue weighted by atomic mass is 32.1. The normalized spacial score (nSPS) is 21.0. The van der Waals surface area contributed by atoms with Gasteiger partial charge in [-0.05, 0) is 44.1 Å². The smallest absolute Gasteiger partial charge is 0.113 e. The van der Waals surface area contributed by atoms with Crippen LogP contribution in [0.4, 0.5) is 0 Å². The summed E-state index contributed by atoms with van der Waals surface area (Å²) >= 11 is 1.83. The van der Waals surface area contributed by atoms with Crippen molar-refractivity contribution in [2.45, 2.75) is 65.3 Å². The molecule has 1 heterocycles. The van der Waals surface area contributed by atoms with Crippen molar-refractivity contribution >= 4 is 11.3 Å². The summed E-state index contributed by atoms with van der Waals surface area (Å²) in [6.45, 7) is 12.5. The Bertz CT molecular complexity index is 406. The minimum absolute atomic E-state index is 0.0564. The molecule has 0 saturated heterocycles. The van der Waals surface area contributed by atoms with Crippen LogP contribution < -0.4 is 5.32 Å². The lowest BCUT2D eigenvalue weighted by Gasteiger charge is -2.35. The van der Waals surface area contributed by atoms with Gasteiger partial charge in [0.2, 0.25) is 0 Å². The van der Waals surface area contributed by atoms with Gasteiger partial charge in [-0.25, -0.2) is 4.98 Å². The van der Waals surface area contributed by atoms with Gasteiger partial charge in [0.15, 0.2) is 0 Å². The molecule has 1 N–H and O–H groups in total. The van der Waals surface area contributed by atoms with E-state index in [1.807, 2.05) is 11.3 Å². The molecular weight excluding hydrogens is 240 g/mol. The molecule has 0 amide bonds. The zero-order chi connectivity index (χ0) is 13.4. The van der Waals surface area contributed by atoms with Gasteiger partial charge in [-0.2, -0.15) is 0 Å². The average Bonchev–Trinajstić information content (AvgIpc) is 2.91. The van der Waals surface area contributed by atoms with Gasteiger partial charge < -0.3 is 5.32 Å². The van der Waals surface area contributed by atoms with Crippen molar-refractivity contribution in [3.63, 3.8) is 0 Å². The molecule has 0 bridgehead atoms. The van der Waals surface area contributed by atoms with Crippen LogP contribution in [0.3, 0.4) is 0 Å². The molecule has 2 nitrogen and oxygen atoms in total. The number of nitrogens with one attached hydrogen (secondary N) is 1. The molecule has 1 unspecified atom stereocenters. The molecule has 1 aliphatic rings. The van der Waals surface area contributed by atoms with Crippen molar-refractivity contribution < 1.29 is 0 Å². The van der Waals surface area contributed by atoms with Gasteiger partial charge in [0.05, 0.1) is 11.2 Å². The number of hydrogen-bond donors (Lipinski definition) is 1. The van der Waals surface area contributed by atoms with E-state index in [1.54, 1.807) is 0 Å². The molecular formula is C15H26N2S. The molecule has 3 heteroatoms. The third-order valence-corrected chi connectivity index (χ3v) is 5.56. The van der Waals surface area contributed by atoms with Crippen LogP contribution in [0.5, 0.6) is 0 Å². The highest BCUT2D eigenvalue weighted by Gasteiger charge is 2.55. The molecule has 18 heavy (non-hydrogen) atoms. The lowest BCUT2D eigenvalue weighted by atomic mass is 9.84. The van der Waals surface area contributed by atoms with E-state index in [2.05, 4.69) is 45.3 Å². The zero-order valence-electron chi connectivity index (χ0n) is 12.3. The number of thiazole rings is 1. The number of rotatable bonds is 6. The van der Waals surface area contributed by atoms with E-state index >= 15 is 0 Å². The molecule has 0 aliphatic heterocycles.